The summed E-state index contributed by atoms with van der Waals surface area (Å²) in [5, 5.41) is 8.89. The number of aryl methyl sites for hydroxylation is 2. The van der Waals surface area contributed by atoms with Gasteiger partial charge in [0.05, 0.1) is 5.69 Å². The summed E-state index contributed by atoms with van der Waals surface area (Å²) in [6.45, 7) is 5.22. The molecule has 1 N–H and O–H groups in total. The molecule has 4 heteroatoms. The summed E-state index contributed by atoms with van der Waals surface area (Å²) in [5.74, 6) is 0. The summed E-state index contributed by atoms with van der Waals surface area (Å²) >= 11 is 6.12. The average molecular weight is 292 g/mol. The molecule has 0 fully saturated rings. The Balaban J connectivity index is 2.19. The van der Waals surface area contributed by atoms with Crippen LogP contribution in [0.3, 0.4) is 0 Å². The number of nitrogens with one attached hydrogen (secondary N) is 1. The van der Waals surface area contributed by atoms with Crippen molar-refractivity contribution in [3.8, 4) is 0 Å². The minimum Gasteiger partial charge on any atom is -0.310 e. The van der Waals surface area contributed by atoms with E-state index in [1.807, 2.05) is 30.9 Å². The molecule has 0 saturated heterocycles. The smallest absolute Gasteiger partial charge is 0.0643 e. The Morgan fingerprint density at radius 2 is 2.15 bits per heavy atom. The molecule has 0 aliphatic heterocycles. The molecule has 0 aliphatic carbocycles. The maximum Gasteiger partial charge on any atom is 0.0643 e. The Hall–Kier alpha value is -1.32. The van der Waals surface area contributed by atoms with Gasteiger partial charge in [0, 0.05) is 30.7 Å². The highest BCUT2D eigenvalue weighted by atomic mass is 35.5. The Morgan fingerprint density at radius 1 is 1.35 bits per heavy atom. The highest BCUT2D eigenvalue weighted by molar-refractivity contribution is 6.31. The van der Waals surface area contributed by atoms with Gasteiger partial charge in [0.2, 0.25) is 0 Å². The number of nitrogens with zero attached hydrogens (tertiary/aromatic N) is 2. The van der Waals surface area contributed by atoms with Gasteiger partial charge in [0.25, 0.3) is 0 Å². The molecule has 1 unspecified atom stereocenters. The summed E-state index contributed by atoms with van der Waals surface area (Å²) in [4.78, 5) is 0. The minimum absolute atomic E-state index is 0.279. The zero-order valence-corrected chi connectivity index (χ0v) is 13.1. The summed E-state index contributed by atoms with van der Waals surface area (Å²) in [5.41, 5.74) is 3.49. The summed E-state index contributed by atoms with van der Waals surface area (Å²) in [6, 6.07) is 8.60. The van der Waals surface area contributed by atoms with Gasteiger partial charge in [-0.15, -0.1) is 0 Å². The normalized spacial score (nSPS) is 12.6. The third-order valence-corrected chi connectivity index (χ3v) is 3.83. The third kappa shape index (κ3) is 3.84. The molecule has 3 nitrogen and oxygen atoms in total. The second-order valence-electron chi connectivity index (χ2n) is 5.20. The molecule has 20 heavy (non-hydrogen) atoms. The van der Waals surface area contributed by atoms with Gasteiger partial charge >= 0.3 is 0 Å². The number of rotatable bonds is 6. The van der Waals surface area contributed by atoms with Crippen LogP contribution in [0.5, 0.6) is 0 Å². The molecular weight excluding hydrogens is 270 g/mol. The minimum atomic E-state index is 0.279. The van der Waals surface area contributed by atoms with Crippen LogP contribution in [0.2, 0.25) is 5.02 Å². The van der Waals surface area contributed by atoms with Crippen LogP contribution in [0.1, 0.15) is 36.2 Å². The van der Waals surface area contributed by atoms with Crippen LogP contribution in [0, 0.1) is 6.92 Å². The summed E-state index contributed by atoms with van der Waals surface area (Å²) in [7, 11) is 1.95. The first-order valence-electron chi connectivity index (χ1n) is 7.08. The topological polar surface area (TPSA) is 29.9 Å². The molecule has 0 amide bonds. The SMILES string of the molecule is CCCNC(Cc1ccn(C)n1)c1ccc(Cl)c(C)c1. The molecule has 0 saturated carbocycles. The van der Waals surface area contributed by atoms with Crippen molar-refractivity contribution < 1.29 is 0 Å². The Labute approximate surface area is 126 Å². The van der Waals surface area contributed by atoms with Crippen LogP contribution < -0.4 is 5.32 Å². The molecule has 1 heterocycles. The van der Waals surface area contributed by atoms with E-state index >= 15 is 0 Å². The monoisotopic (exact) mass is 291 g/mol. The van der Waals surface area contributed by atoms with Gasteiger partial charge in [-0.1, -0.05) is 30.7 Å². The molecule has 108 valence electrons. The molecule has 0 aliphatic rings. The number of hydrogen-bond donors (Lipinski definition) is 1. The van der Waals surface area contributed by atoms with Crippen LogP contribution in [0.4, 0.5) is 0 Å². The lowest BCUT2D eigenvalue weighted by Gasteiger charge is -2.19. The van der Waals surface area contributed by atoms with Crippen molar-refractivity contribution in [3.05, 3.63) is 52.3 Å². The molecule has 0 spiro atoms. The molecule has 1 aromatic heterocycles. The van der Waals surface area contributed by atoms with Gasteiger partial charge in [-0.3, -0.25) is 4.68 Å². The van der Waals surface area contributed by atoms with Gasteiger partial charge in [0.15, 0.2) is 0 Å². The molecule has 2 rings (SSSR count). The number of hydrogen-bond acceptors (Lipinski definition) is 2. The average Bonchev–Trinajstić information content (AvgIpc) is 2.83. The second-order valence-corrected chi connectivity index (χ2v) is 5.61. The maximum absolute atomic E-state index is 6.12. The lowest BCUT2D eigenvalue weighted by atomic mass is 10.00. The van der Waals surface area contributed by atoms with E-state index in [2.05, 4.69) is 35.5 Å². The van der Waals surface area contributed by atoms with Crippen molar-refractivity contribution in [2.45, 2.75) is 32.7 Å². The van der Waals surface area contributed by atoms with Gasteiger partial charge in [-0.2, -0.15) is 5.10 Å². The lowest BCUT2D eigenvalue weighted by Crippen LogP contribution is -2.24. The highest BCUT2D eigenvalue weighted by Gasteiger charge is 2.14. The first kappa shape index (κ1) is 15.1. The van der Waals surface area contributed by atoms with Gasteiger partial charge < -0.3 is 5.32 Å². The van der Waals surface area contributed by atoms with Gasteiger partial charge in [0.1, 0.15) is 0 Å². The van der Waals surface area contributed by atoms with E-state index in [9.17, 15) is 0 Å². The van der Waals surface area contributed by atoms with E-state index < -0.39 is 0 Å². The zero-order valence-electron chi connectivity index (χ0n) is 12.4. The third-order valence-electron chi connectivity index (χ3n) is 3.41. The molecule has 0 bridgehead atoms. The molecule has 1 atom stereocenters. The van der Waals surface area contributed by atoms with E-state index in [1.165, 1.54) is 5.56 Å². The first-order chi connectivity index (χ1) is 9.60. The van der Waals surface area contributed by atoms with Crippen LogP contribution in [0.15, 0.2) is 30.5 Å². The van der Waals surface area contributed by atoms with Gasteiger partial charge in [-0.25, -0.2) is 0 Å². The van der Waals surface area contributed by atoms with Crippen molar-refractivity contribution in [2.24, 2.45) is 7.05 Å². The zero-order chi connectivity index (χ0) is 14.5. The van der Waals surface area contributed by atoms with Crippen LogP contribution in [0.25, 0.3) is 0 Å². The molecule has 0 radical (unpaired) electrons. The highest BCUT2D eigenvalue weighted by Crippen LogP contribution is 2.23. The van der Waals surface area contributed by atoms with Crippen molar-refractivity contribution in [1.29, 1.82) is 0 Å². The predicted molar refractivity (Wildman–Crippen MR) is 84.1 cm³/mol. The Kier molecular flexibility index (Phi) is 5.21. The van der Waals surface area contributed by atoms with Crippen LogP contribution in [-0.2, 0) is 13.5 Å². The van der Waals surface area contributed by atoms with Crippen molar-refractivity contribution in [3.63, 3.8) is 0 Å². The van der Waals surface area contributed by atoms with E-state index in [-0.39, 0.29) is 6.04 Å². The first-order valence-corrected chi connectivity index (χ1v) is 7.46. The molecular formula is C16H22ClN3. The van der Waals surface area contributed by atoms with Gasteiger partial charge in [-0.05, 0) is 43.1 Å². The second kappa shape index (κ2) is 6.91. The quantitative estimate of drug-likeness (QED) is 0.880. The standard InChI is InChI=1S/C16H22ClN3/c1-4-8-18-16(11-14-7-9-20(3)19-14)13-5-6-15(17)12(2)10-13/h5-7,9-10,16,18H,4,8,11H2,1-3H3. The predicted octanol–water partition coefficient (Wildman–Crippen LogP) is 3.67. The van der Waals surface area contributed by atoms with Crippen molar-refractivity contribution in [2.75, 3.05) is 6.54 Å². The van der Waals surface area contributed by atoms with Crippen LogP contribution >= 0.6 is 11.6 Å². The summed E-state index contributed by atoms with van der Waals surface area (Å²) in [6.07, 6.45) is 3.99. The lowest BCUT2D eigenvalue weighted by molar-refractivity contribution is 0.521. The Morgan fingerprint density at radius 3 is 2.75 bits per heavy atom. The molecule has 1 aromatic carbocycles. The van der Waals surface area contributed by atoms with E-state index in [0.29, 0.717) is 0 Å². The van der Waals surface area contributed by atoms with Crippen LogP contribution in [-0.4, -0.2) is 16.3 Å². The fourth-order valence-corrected chi connectivity index (χ4v) is 2.41. The molecule has 2 aromatic rings. The fourth-order valence-electron chi connectivity index (χ4n) is 2.29. The number of aromatic nitrogens is 2. The number of benzene rings is 1. The van der Waals surface area contributed by atoms with E-state index in [4.69, 9.17) is 11.6 Å². The van der Waals surface area contributed by atoms with E-state index in [1.54, 1.807) is 0 Å². The van der Waals surface area contributed by atoms with E-state index in [0.717, 1.165) is 35.7 Å². The Bertz CT molecular complexity index is 563. The van der Waals surface area contributed by atoms with Crippen molar-refractivity contribution in [1.82, 2.24) is 15.1 Å². The summed E-state index contributed by atoms with van der Waals surface area (Å²) < 4.78 is 1.85. The maximum atomic E-state index is 6.12. The van der Waals surface area contributed by atoms with Crippen molar-refractivity contribution >= 4 is 11.6 Å². The fraction of sp³-hybridized carbons (Fsp3) is 0.438. The largest absolute Gasteiger partial charge is 0.310 e. The number of halogens is 1.